The van der Waals surface area contributed by atoms with Crippen LogP contribution in [0.25, 0.3) is 0 Å². The molecule has 6 heteroatoms. The third-order valence-corrected chi connectivity index (χ3v) is 6.15. The van der Waals surface area contributed by atoms with Crippen molar-refractivity contribution in [1.29, 1.82) is 0 Å². The highest BCUT2D eigenvalue weighted by Crippen LogP contribution is 2.32. The van der Waals surface area contributed by atoms with Crippen molar-refractivity contribution in [3.05, 3.63) is 65.5 Å². The molecule has 2 aliphatic heterocycles. The van der Waals surface area contributed by atoms with Crippen molar-refractivity contribution < 1.29 is 19.0 Å². The van der Waals surface area contributed by atoms with E-state index in [0.29, 0.717) is 19.6 Å². The Kier molecular flexibility index (Phi) is 5.83. The largest absolute Gasteiger partial charge is 0.497 e. The molecule has 0 saturated carbocycles. The molecule has 0 aromatic heterocycles. The summed E-state index contributed by atoms with van der Waals surface area (Å²) in [5.41, 5.74) is 2.03. The van der Waals surface area contributed by atoms with Gasteiger partial charge in [-0.1, -0.05) is 24.3 Å². The number of benzene rings is 2. The molecule has 2 saturated heterocycles. The van der Waals surface area contributed by atoms with E-state index in [1.807, 2.05) is 29.2 Å². The van der Waals surface area contributed by atoms with Gasteiger partial charge in [0.2, 0.25) is 5.91 Å². The molecule has 2 fully saturated rings. The first-order valence-corrected chi connectivity index (χ1v) is 10.1. The Morgan fingerprint density at radius 3 is 2.45 bits per heavy atom. The summed E-state index contributed by atoms with van der Waals surface area (Å²) < 4.78 is 18.3. The molecule has 0 spiro atoms. The number of rotatable bonds is 5. The normalized spacial score (nSPS) is 25.4. The number of halogens is 1. The second-order valence-electron chi connectivity index (χ2n) is 7.92. The van der Waals surface area contributed by atoms with E-state index in [0.717, 1.165) is 36.3 Å². The Morgan fingerprint density at radius 2 is 1.79 bits per heavy atom. The lowest BCUT2D eigenvalue weighted by Crippen LogP contribution is -2.50. The Labute approximate surface area is 170 Å². The first kappa shape index (κ1) is 19.9. The highest BCUT2D eigenvalue weighted by molar-refractivity contribution is 5.84. The number of ether oxygens (including phenoxy) is 1. The molecule has 0 aliphatic carbocycles. The maximum absolute atomic E-state index is 13.1. The molecule has 3 atom stereocenters. The second kappa shape index (κ2) is 8.51. The number of hydrogen-bond donors (Lipinski definition) is 1. The van der Waals surface area contributed by atoms with Gasteiger partial charge in [-0.3, -0.25) is 9.69 Å². The number of aliphatic hydroxyl groups excluding tert-OH is 1. The van der Waals surface area contributed by atoms with Crippen LogP contribution < -0.4 is 4.74 Å². The Balaban J connectivity index is 1.36. The molecule has 2 heterocycles. The van der Waals surface area contributed by atoms with E-state index in [9.17, 15) is 14.3 Å². The molecule has 29 heavy (non-hydrogen) atoms. The molecule has 2 aliphatic rings. The summed E-state index contributed by atoms with van der Waals surface area (Å²) in [6.07, 6.45) is 1.07. The maximum Gasteiger partial charge on any atom is 0.240 e. The van der Waals surface area contributed by atoms with Crippen LogP contribution in [0.2, 0.25) is 0 Å². The van der Waals surface area contributed by atoms with Gasteiger partial charge in [-0.05, 0) is 54.8 Å². The first-order chi connectivity index (χ1) is 14.0. The van der Waals surface area contributed by atoms with Crippen LogP contribution in [0.15, 0.2) is 48.5 Å². The molecule has 0 radical (unpaired) electrons. The summed E-state index contributed by atoms with van der Waals surface area (Å²) in [5.74, 6) is 0.708. The van der Waals surface area contributed by atoms with Crippen molar-refractivity contribution in [2.75, 3.05) is 26.7 Å². The Hall–Kier alpha value is -2.44. The monoisotopic (exact) mass is 398 g/mol. The predicted molar refractivity (Wildman–Crippen MR) is 108 cm³/mol. The quantitative estimate of drug-likeness (QED) is 0.842. The van der Waals surface area contributed by atoms with Crippen LogP contribution in [0.4, 0.5) is 4.39 Å². The predicted octanol–water partition coefficient (Wildman–Crippen LogP) is 2.79. The van der Waals surface area contributed by atoms with Crippen LogP contribution in [-0.2, 0) is 11.3 Å². The minimum absolute atomic E-state index is 0.0731. The molecular formula is C23H27FN2O3. The summed E-state index contributed by atoms with van der Waals surface area (Å²) in [4.78, 5) is 16.9. The van der Waals surface area contributed by atoms with Crippen LogP contribution in [0.5, 0.6) is 5.75 Å². The van der Waals surface area contributed by atoms with Crippen molar-refractivity contribution in [2.45, 2.75) is 37.5 Å². The minimum atomic E-state index is -0.504. The summed E-state index contributed by atoms with van der Waals surface area (Å²) in [5, 5.41) is 10.8. The zero-order valence-corrected chi connectivity index (χ0v) is 16.6. The second-order valence-corrected chi connectivity index (χ2v) is 7.92. The Bertz CT molecular complexity index is 840. The highest BCUT2D eigenvalue weighted by Gasteiger charge is 2.39. The molecule has 0 unspecified atom stereocenters. The van der Waals surface area contributed by atoms with Crippen LogP contribution in [0.1, 0.15) is 29.9 Å². The van der Waals surface area contributed by atoms with Crippen molar-refractivity contribution in [2.24, 2.45) is 0 Å². The number of β-amino-alcohol motifs (C(OH)–C–C–N with tert-alkyl or cyclic N) is 1. The molecule has 0 bridgehead atoms. The molecule has 5 nitrogen and oxygen atoms in total. The fraction of sp³-hybridized carbons (Fsp3) is 0.435. The van der Waals surface area contributed by atoms with E-state index in [1.165, 1.54) is 12.1 Å². The number of piperidine rings is 1. The summed E-state index contributed by atoms with van der Waals surface area (Å²) in [7, 11) is 1.64. The van der Waals surface area contributed by atoms with Gasteiger partial charge < -0.3 is 14.7 Å². The Morgan fingerprint density at radius 1 is 1.07 bits per heavy atom. The van der Waals surface area contributed by atoms with Crippen LogP contribution in [0.3, 0.4) is 0 Å². The number of carbonyl (C=O) groups is 1. The SMILES string of the molecule is COc1ccc([C@@H]2CCN([C@H]3CCN(Cc4ccc(F)cc4)C3=O)C[C@H]2O)cc1. The average Bonchev–Trinajstić information content (AvgIpc) is 3.10. The number of likely N-dealkylation sites (tertiary alicyclic amines) is 2. The summed E-state index contributed by atoms with van der Waals surface area (Å²) in [6, 6.07) is 14.0. The van der Waals surface area contributed by atoms with E-state index in [1.54, 1.807) is 19.2 Å². The van der Waals surface area contributed by atoms with Crippen LogP contribution in [0, 0.1) is 5.82 Å². The van der Waals surface area contributed by atoms with Gasteiger partial charge in [-0.2, -0.15) is 0 Å². The summed E-state index contributed by atoms with van der Waals surface area (Å²) >= 11 is 0. The molecule has 154 valence electrons. The zero-order valence-electron chi connectivity index (χ0n) is 16.6. The van der Waals surface area contributed by atoms with Crippen LogP contribution in [-0.4, -0.2) is 59.7 Å². The van der Waals surface area contributed by atoms with Crippen LogP contribution >= 0.6 is 0 Å². The van der Waals surface area contributed by atoms with Crippen molar-refractivity contribution in [3.63, 3.8) is 0 Å². The van der Waals surface area contributed by atoms with Gasteiger partial charge in [-0.25, -0.2) is 4.39 Å². The smallest absolute Gasteiger partial charge is 0.240 e. The van der Waals surface area contributed by atoms with E-state index < -0.39 is 6.10 Å². The molecule has 2 aromatic rings. The fourth-order valence-electron chi connectivity index (χ4n) is 4.51. The van der Waals surface area contributed by atoms with Gasteiger partial charge in [0.1, 0.15) is 11.6 Å². The fourth-order valence-corrected chi connectivity index (χ4v) is 4.51. The molecule has 1 N–H and O–H groups in total. The summed E-state index contributed by atoms with van der Waals surface area (Å²) in [6.45, 7) is 2.47. The van der Waals surface area contributed by atoms with Crippen molar-refractivity contribution in [3.8, 4) is 5.75 Å². The van der Waals surface area contributed by atoms with Gasteiger partial charge in [0.05, 0.1) is 19.3 Å². The lowest BCUT2D eigenvalue weighted by Gasteiger charge is -2.38. The van der Waals surface area contributed by atoms with Gasteiger partial charge in [0, 0.05) is 25.6 Å². The topological polar surface area (TPSA) is 53.0 Å². The van der Waals surface area contributed by atoms with Crippen molar-refractivity contribution >= 4 is 5.91 Å². The number of nitrogens with zero attached hydrogens (tertiary/aromatic N) is 2. The molecule has 4 rings (SSSR count). The molecule has 1 amide bonds. The minimum Gasteiger partial charge on any atom is -0.497 e. The zero-order chi connectivity index (χ0) is 20.4. The van der Waals surface area contributed by atoms with E-state index in [-0.39, 0.29) is 23.7 Å². The number of hydrogen-bond acceptors (Lipinski definition) is 4. The third kappa shape index (κ3) is 4.28. The lowest BCUT2D eigenvalue weighted by atomic mass is 9.86. The third-order valence-electron chi connectivity index (χ3n) is 6.15. The lowest BCUT2D eigenvalue weighted by molar-refractivity contribution is -0.133. The number of methoxy groups -OCH3 is 1. The molecular weight excluding hydrogens is 371 g/mol. The molecule has 2 aromatic carbocycles. The van der Waals surface area contributed by atoms with E-state index in [2.05, 4.69) is 4.90 Å². The average molecular weight is 398 g/mol. The highest BCUT2D eigenvalue weighted by atomic mass is 19.1. The van der Waals surface area contributed by atoms with Crippen molar-refractivity contribution in [1.82, 2.24) is 9.80 Å². The number of amides is 1. The standard InChI is InChI=1S/C23H27FN2O3/c1-29-19-8-4-17(5-9-19)20-10-12-25(15-22(20)27)21-11-13-26(23(21)28)14-16-2-6-18(24)7-3-16/h2-9,20-22,27H,10-15H2,1H3/t20-,21-,22+/m0/s1. The van der Waals surface area contributed by atoms with E-state index in [4.69, 9.17) is 4.74 Å². The van der Waals surface area contributed by atoms with Gasteiger partial charge in [0.25, 0.3) is 0 Å². The number of aliphatic hydroxyl groups is 1. The first-order valence-electron chi connectivity index (χ1n) is 10.1. The number of carbonyl (C=O) groups excluding carboxylic acids is 1. The van der Waals surface area contributed by atoms with Gasteiger partial charge >= 0.3 is 0 Å². The van der Waals surface area contributed by atoms with Gasteiger partial charge in [0.15, 0.2) is 0 Å². The van der Waals surface area contributed by atoms with E-state index >= 15 is 0 Å². The maximum atomic E-state index is 13.1. The van der Waals surface area contributed by atoms with Gasteiger partial charge in [-0.15, -0.1) is 0 Å².